The van der Waals surface area contributed by atoms with E-state index >= 15 is 0 Å². The standard InChI is InChI=1S/C30H26F6N4O8/c1-40(2)17-9-16(39-27(47)38-14-6-12(29(31,32)33)5-13(7-14)30(34,35)36)22(42)20-15(17)4-10-3-11-8-18(41)21(26(37)46)25(45)28(11,48)24(44)19(10)23(20)43/h5-7,9-11,42-43,45,48H,3-4,8H2,1-2H3,(H2,37,46)(H2,38,39,47). The van der Waals surface area contributed by atoms with Crippen molar-refractivity contribution in [3.63, 3.8) is 0 Å². The van der Waals surface area contributed by atoms with E-state index in [0.717, 1.165) is 0 Å². The number of halogens is 6. The number of aromatic hydroxyl groups is 1. The Bertz CT molecular complexity index is 1830. The minimum absolute atomic E-state index is 0.0770. The molecule has 48 heavy (non-hydrogen) atoms. The van der Waals surface area contributed by atoms with Crippen molar-refractivity contribution in [3.05, 3.63) is 63.4 Å². The molecule has 0 saturated heterocycles. The van der Waals surface area contributed by atoms with Crippen molar-refractivity contribution >= 4 is 46.3 Å². The van der Waals surface area contributed by atoms with Crippen LogP contribution in [0.4, 0.5) is 48.2 Å². The molecule has 2 aromatic rings. The highest BCUT2D eigenvalue weighted by Crippen LogP contribution is 2.54. The fourth-order valence-electron chi connectivity index (χ4n) is 6.48. The summed E-state index contributed by atoms with van der Waals surface area (Å²) in [5, 5.41) is 48.7. The first-order valence-corrected chi connectivity index (χ1v) is 14.0. The van der Waals surface area contributed by atoms with Gasteiger partial charge in [0.05, 0.1) is 22.4 Å². The Morgan fingerprint density at radius 3 is 2.04 bits per heavy atom. The molecule has 2 aromatic carbocycles. The quantitative estimate of drug-likeness (QED) is 0.140. The van der Waals surface area contributed by atoms with Gasteiger partial charge in [-0.1, -0.05) is 0 Å². The van der Waals surface area contributed by atoms with E-state index in [2.05, 4.69) is 5.32 Å². The molecule has 0 aliphatic heterocycles. The number of amides is 3. The zero-order valence-corrected chi connectivity index (χ0v) is 24.8. The van der Waals surface area contributed by atoms with Gasteiger partial charge in [-0.3, -0.25) is 14.4 Å². The van der Waals surface area contributed by atoms with Crippen LogP contribution in [-0.2, 0) is 33.2 Å². The number of phenols is 1. The zero-order valence-electron chi connectivity index (χ0n) is 24.8. The van der Waals surface area contributed by atoms with E-state index in [1.807, 2.05) is 5.32 Å². The van der Waals surface area contributed by atoms with Crippen molar-refractivity contribution < 1.29 is 65.9 Å². The van der Waals surface area contributed by atoms with Gasteiger partial charge in [0.25, 0.3) is 5.91 Å². The number of anilines is 3. The third kappa shape index (κ3) is 5.44. The number of benzene rings is 2. The second-order valence-corrected chi connectivity index (χ2v) is 11.8. The van der Waals surface area contributed by atoms with Crippen molar-refractivity contribution in [1.29, 1.82) is 0 Å². The fourth-order valence-corrected chi connectivity index (χ4v) is 6.48. The molecule has 1 fully saturated rings. The lowest BCUT2D eigenvalue weighted by Gasteiger charge is -2.46. The van der Waals surface area contributed by atoms with Crippen molar-refractivity contribution in [2.45, 2.75) is 37.2 Å². The summed E-state index contributed by atoms with van der Waals surface area (Å²) < 4.78 is 79.8. The number of fused-ring (bicyclic) bond motifs is 3. The number of rotatable bonds is 4. The van der Waals surface area contributed by atoms with Gasteiger partial charge in [-0.25, -0.2) is 4.79 Å². The lowest BCUT2D eigenvalue weighted by atomic mass is 9.59. The monoisotopic (exact) mass is 684 g/mol. The Hall–Kier alpha value is -5.26. The third-order valence-corrected chi connectivity index (χ3v) is 8.62. The summed E-state index contributed by atoms with van der Waals surface area (Å²) in [6.45, 7) is 0. The Morgan fingerprint density at radius 1 is 0.938 bits per heavy atom. The molecule has 0 bridgehead atoms. The summed E-state index contributed by atoms with van der Waals surface area (Å²) in [5.74, 6) is -8.67. The van der Waals surface area contributed by atoms with Gasteiger partial charge in [0.2, 0.25) is 5.78 Å². The highest BCUT2D eigenvalue weighted by Gasteiger charge is 2.60. The molecule has 3 unspecified atom stereocenters. The number of hydrogen-bond donors (Lipinski definition) is 7. The number of carbonyl (C=O) groups is 4. The molecule has 3 aliphatic rings. The van der Waals surface area contributed by atoms with Crippen LogP contribution in [0.2, 0.25) is 0 Å². The molecule has 1 saturated carbocycles. The average molecular weight is 685 g/mol. The maximum Gasteiger partial charge on any atom is 0.416 e. The molecule has 256 valence electrons. The van der Waals surface area contributed by atoms with Crippen molar-refractivity contribution in [1.82, 2.24) is 0 Å². The first-order valence-electron chi connectivity index (χ1n) is 14.0. The first-order chi connectivity index (χ1) is 22.1. The summed E-state index contributed by atoms with van der Waals surface area (Å²) in [7, 11) is 3.07. The topological polar surface area (TPSA) is 203 Å². The SMILES string of the molecule is CN(C)c1cc(NC(=O)Nc2cc(C(F)(F)F)cc(C(F)(F)F)c2)c(O)c2c1CC1CC3CC(=O)C(C(N)=O)=C(O)C3(O)C(=O)C1=C2O. The zero-order chi connectivity index (χ0) is 35.8. The number of hydrogen-bond acceptors (Lipinski definition) is 9. The van der Waals surface area contributed by atoms with E-state index in [0.29, 0.717) is 0 Å². The Morgan fingerprint density at radius 2 is 1.52 bits per heavy atom. The predicted octanol–water partition coefficient (Wildman–Crippen LogP) is 4.17. The number of aliphatic hydroxyl groups excluding tert-OH is 2. The number of ketones is 2. The number of nitrogens with one attached hydrogen (secondary N) is 2. The predicted molar refractivity (Wildman–Crippen MR) is 155 cm³/mol. The van der Waals surface area contributed by atoms with E-state index in [1.54, 1.807) is 0 Å². The van der Waals surface area contributed by atoms with Crippen LogP contribution in [0.25, 0.3) is 5.76 Å². The summed E-state index contributed by atoms with van der Waals surface area (Å²) in [6.07, 6.45) is -11.1. The highest BCUT2D eigenvalue weighted by molar-refractivity contribution is 6.23. The molecule has 8 N–H and O–H groups in total. The number of nitrogens with zero attached hydrogens (tertiary/aromatic N) is 1. The van der Waals surface area contributed by atoms with Crippen LogP contribution >= 0.6 is 0 Å². The van der Waals surface area contributed by atoms with Crippen LogP contribution < -0.4 is 21.3 Å². The lowest BCUT2D eigenvalue weighted by Crippen LogP contribution is -2.58. The molecular formula is C30H26F6N4O8. The van der Waals surface area contributed by atoms with E-state index in [-0.39, 0.29) is 42.3 Å². The number of phenolic OH excluding ortho intramolecular Hbond substituents is 1. The fraction of sp³-hybridized carbons (Fsp3) is 0.333. The van der Waals surface area contributed by atoms with Crippen LogP contribution in [0.5, 0.6) is 5.75 Å². The molecule has 0 aromatic heterocycles. The number of alkyl halides is 6. The molecule has 12 nitrogen and oxygen atoms in total. The summed E-state index contributed by atoms with van der Waals surface area (Å²) in [5.41, 5.74) is -3.81. The minimum atomic E-state index is -5.20. The molecule has 3 atom stereocenters. The number of aliphatic hydroxyl groups is 3. The Labute approximate surface area is 266 Å². The number of primary amides is 1. The first kappa shape index (κ1) is 34.1. The maximum absolute atomic E-state index is 13.8. The molecule has 0 radical (unpaired) electrons. The number of Topliss-reactive ketones (excluding diaryl/α,β-unsaturated/α-hetero) is 2. The third-order valence-electron chi connectivity index (χ3n) is 8.62. The highest BCUT2D eigenvalue weighted by atomic mass is 19.4. The molecule has 0 spiro atoms. The van der Waals surface area contributed by atoms with Gasteiger partial charge in [0, 0.05) is 43.4 Å². The minimum Gasteiger partial charge on any atom is -0.508 e. The largest absolute Gasteiger partial charge is 0.508 e. The van der Waals surface area contributed by atoms with E-state index < -0.39 is 116 Å². The van der Waals surface area contributed by atoms with Crippen LogP contribution in [0.1, 0.15) is 35.1 Å². The Kier molecular flexibility index (Phi) is 7.93. The smallest absolute Gasteiger partial charge is 0.416 e. The molecule has 18 heteroatoms. The summed E-state index contributed by atoms with van der Waals surface area (Å²) in [6, 6.07) is 0.212. The van der Waals surface area contributed by atoms with Gasteiger partial charge in [-0.2, -0.15) is 26.3 Å². The molecule has 0 heterocycles. The average Bonchev–Trinajstić information content (AvgIpc) is 2.94. The van der Waals surface area contributed by atoms with Gasteiger partial charge in [0.1, 0.15) is 17.1 Å². The molecular weight excluding hydrogens is 658 g/mol. The normalized spacial score (nSPS) is 22.5. The van der Waals surface area contributed by atoms with Gasteiger partial charge in [-0.05, 0) is 48.6 Å². The van der Waals surface area contributed by atoms with E-state index in [1.165, 1.54) is 25.1 Å². The van der Waals surface area contributed by atoms with Crippen LogP contribution in [-0.4, -0.2) is 63.6 Å². The molecule has 5 rings (SSSR count). The number of nitrogens with two attached hydrogens (primary N) is 1. The Balaban J connectivity index is 1.57. The van der Waals surface area contributed by atoms with Gasteiger partial charge in [-0.15, -0.1) is 0 Å². The summed E-state index contributed by atoms with van der Waals surface area (Å²) >= 11 is 0. The van der Waals surface area contributed by atoms with Crippen molar-refractivity contribution in [2.75, 3.05) is 29.6 Å². The molecule has 3 aliphatic carbocycles. The maximum atomic E-state index is 13.8. The van der Waals surface area contributed by atoms with E-state index in [9.17, 15) is 65.9 Å². The number of urea groups is 1. The summed E-state index contributed by atoms with van der Waals surface area (Å²) in [4.78, 5) is 52.5. The lowest BCUT2D eigenvalue weighted by molar-refractivity contribution is -0.148. The molecule has 3 amide bonds. The van der Waals surface area contributed by atoms with Crippen molar-refractivity contribution in [2.24, 2.45) is 17.6 Å². The van der Waals surface area contributed by atoms with E-state index in [4.69, 9.17) is 5.73 Å². The van der Waals surface area contributed by atoms with Gasteiger partial charge in [0.15, 0.2) is 17.1 Å². The van der Waals surface area contributed by atoms with Crippen LogP contribution in [0.3, 0.4) is 0 Å². The van der Waals surface area contributed by atoms with Crippen molar-refractivity contribution in [3.8, 4) is 5.75 Å². The number of carbonyl (C=O) groups excluding carboxylic acids is 4. The second-order valence-electron chi connectivity index (χ2n) is 11.8. The van der Waals surface area contributed by atoms with Crippen LogP contribution in [0.15, 0.2) is 41.2 Å². The second kappa shape index (κ2) is 11.2. The van der Waals surface area contributed by atoms with Gasteiger partial charge >= 0.3 is 18.4 Å². The van der Waals surface area contributed by atoms with Crippen LogP contribution in [0, 0.1) is 11.8 Å². The van der Waals surface area contributed by atoms with Gasteiger partial charge < -0.3 is 41.7 Å².